The minimum Gasteiger partial charge on any atom is -0.326 e. The summed E-state index contributed by atoms with van der Waals surface area (Å²) in [7, 11) is 0. The van der Waals surface area contributed by atoms with Gasteiger partial charge in [-0.2, -0.15) is 0 Å². The Kier molecular flexibility index (Phi) is 3.10. The van der Waals surface area contributed by atoms with Crippen molar-refractivity contribution in [3.63, 3.8) is 0 Å². The Morgan fingerprint density at radius 3 is 2.67 bits per heavy atom. The summed E-state index contributed by atoms with van der Waals surface area (Å²) >= 11 is 7.94. The molecule has 0 saturated heterocycles. The van der Waals surface area contributed by atoms with E-state index in [0.717, 1.165) is 16.1 Å². The number of hydrogen-bond donors (Lipinski definition) is 1. The van der Waals surface area contributed by atoms with E-state index in [4.69, 9.17) is 17.3 Å². The quantitative estimate of drug-likeness (QED) is 0.844. The number of hydrogen-bond acceptors (Lipinski definition) is 2. The molecule has 3 heteroatoms. The summed E-state index contributed by atoms with van der Waals surface area (Å²) in [4.78, 5) is 1.24. The van der Waals surface area contributed by atoms with Crippen LogP contribution in [0.2, 0.25) is 5.02 Å². The van der Waals surface area contributed by atoms with Crippen LogP contribution in [0.5, 0.6) is 0 Å². The van der Waals surface area contributed by atoms with Gasteiger partial charge in [0.25, 0.3) is 0 Å². The van der Waals surface area contributed by atoms with Gasteiger partial charge in [-0.3, -0.25) is 0 Å². The first-order valence-electron chi connectivity index (χ1n) is 4.75. The lowest BCUT2D eigenvalue weighted by Gasteiger charge is -2.05. The molecular formula is C12H12ClNS. The van der Waals surface area contributed by atoms with Crippen LogP contribution in [0.3, 0.4) is 0 Å². The highest BCUT2D eigenvalue weighted by Crippen LogP contribution is 2.34. The largest absolute Gasteiger partial charge is 0.326 e. The normalized spacial score (nSPS) is 10.6. The Morgan fingerprint density at radius 1 is 1.33 bits per heavy atom. The fourth-order valence-electron chi connectivity index (χ4n) is 1.52. The topological polar surface area (TPSA) is 26.0 Å². The third kappa shape index (κ3) is 2.07. The molecule has 0 bridgehead atoms. The van der Waals surface area contributed by atoms with Crippen LogP contribution in [-0.4, -0.2) is 0 Å². The van der Waals surface area contributed by atoms with Crippen molar-refractivity contribution in [3.8, 4) is 10.4 Å². The van der Waals surface area contributed by atoms with Crippen molar-refractivity contribution < 1.29 is 0 Å². The number of nitrogens with two attached hydrogens (primary N) is 1. The smallest absolute Gasteiger partial charge is 0.0495 e. The summed E-state index contributed by atoms with van der Waals surface area (Å²) in [6.45, 7) is 2.63. The second-order valence-corrected chi connectivity index (χ2v) is 4.77. The molecule has 1 heterocycles. The molecule has 0 unspecified atom stereocenters. The van der Waals surface area contributed by atoms with Gasteiger partial charge >= 0.3 is 0 Å². The molecule has 2 aromatic rings. The van der Waals surface area contributed by atoms with Crippen LogP contribution < -0.4 is 5.73 Å². The fraction of sp³-hybridized carbons (Fsp3) is 0.167. The van der Waals surface area contributed by atoms with E-state index in [1.165, 1.54) is 10.4 Å². The van der Waals surface area contributed by atoms with Crippen molar-refractivity contribution in [2.75, 3.05) is 0 Å². The lowest BCUT2D eigenvalue weighted by molar-refractivity contribution is 1.07. The molecule has 15 heavy (non-hydrogen) atoms. The molecule has 0 aliphatic carbocycles. The van der Waals surface area contributed by atoms with E-state index in [9.17, 15) is 0 Å². The van der Waals surface area contributed by atoms with Gasteiger partial charge in [0.05, 0.1) is 0 Å². The van der Waals surface area contributed by atoms with Crippen LogP contribution in [0.1, 0.15) is 11.1 Å². The standard InChI is InChI=1S/C12H12ClNS/c1-8-4-5-15-12(8)10-3-2-9(7-14)6-11(10)13/h2-6H,7,14H2,1H3. The monoisotopic (exact) mass is 237 g/mol. The van der Waals surface area contributed by atoms with Gasteiger partial charge in [-0.05, 0) is 35.6 Å². The second-order valence-electron chi connectivity index (χ2n) is 3.45. The maximum Gasteiger partial charge on any atom is 0.0495 e. The van der Waals surface area contributed by atoms with E-state index in [1.807, 2.05) is 18.2 Å². The zero-order valence-electron chi connectivity index (χ0n) is 8.46. The van der Waals surface area contributed by atoms with E-state index in [1.54, 1.807) is 11.3 Å². The summed E-state index contributed by atoms with van der Waals surface area (Å²) in [6, 6.07) is 8.12. The lowest BCUT2D eigenvalue weighted by atomic mass is 10.1. The Balaban J connectivity index is 2.50. The molecule has 1 aromatic heterocycles. The third-order valence-electron chi connectivity index (χ3n) is 2.38. The van der Waals surface area contributed by atoms with Gasteiger partial charge in [0.15, 0.2) is 0 Å². The van der Waals surface area contributed by atoms with Gasteiger partial charge < -0.3 is 5.73 Å². The van der Waals surface area contributed by atoms with Crippen LogP contribution in [0.25, 0.3) is 10.4 Å². The van der Waals surface area contributed by atoms with Crippen LogP contribution in [0.4, 0.5) is 0 Å². The number of benzene rings is 1. The van der Waals surface area contributed by atoms with E-state index in [-0.39, 0.29) is 0 Å². The molecule has 0 atom stereocenters. The van der Waals surface area contributed by atoms with Crippen molar-refractivity contribution in [3.05, 3.63) is 45.8 Å². The molecule has 78 valence electrons. The molecule has 0 fully saturated rings. The summed E-state index contributed by atoms with van der Waals surface area (Å²) in [5.41, 5.74) is 8.99. The SMILES string of the molecule is Cc1ccsc1-c1ccc(CN)cc1Cl. The highest BCUT2D eigenvalue weighted by atomic mass is 35.5. The van der Waals surface area contributed by atoms with Crippen molar-refractivity contribution in [1.82, 2.24) is 0 Å². The molecule has 0 aliphatic rings. The fourth-order valence-corrected chi connectivity index (χ4v) is 2.84. The first-order valence-corrected chi connectivity index (χ1v) is 6.01. The maximum atomic E-state index is 6.22. The number of halogens is 1. The molecular weight excluding hydrogens is 226 g/mol. The lowest BCUT2D eigenvalue weighted by Crippen LogP contribution is -1.95. The van der Waals surface area contributed by atoms with E-state index < -0.39 is 0 Å². The molecule has 1 nitrogen and oxygen atoms in total. The Bertz CT molecular complexity index is 476. The van der Waals surface area contributed by atoms with Crippen LogP contribution in [0.15, 0.2) is 29.6 Å². The first-order chi connectivity index (χ1) is 7.22. The highest BCUT2D eigenvalue weighted by molar-refractivity contribution is 7.13. The van der Waals surface area contributed by atoms with Crippen molar-refractivity contribution in [2.45, 2.75) is 13.5 Å². The van der Waals surface area contributed by atoms with E-state index in [0.29, 0.717) is 6.54 Å². The Morgan fingerprint density at radius 2 is 2.13 bits per heavy atom. The predicted octanol–water partition coefficient (Wildman–Crippen LogP) is 3.84. The third-order valence-corrected chi connectivity index (χ3v) is 3.74. The van der Waals surface area contributed by atoms with Crippen molar-refractivity contribution in [2.24, 2.45) is 5.73 Å². The zero-order valence-corrected chi connectivity index (χ0v) is 10.0. The molecule has 0 saturated carbocycles. The summed E-state index contributed by atoms with van der Waals surface area (Å²) in [5, 5.41) is 2.86. The molecule has 0 aliphatic heterocycles. The maximum absolute atomic E-state index is 6.22. The Hall–Kier alpha value is -0.830. The first kappa shape index (κ1) is 10.7. The average Bonchev–Trinajstić information content (AvgIpc) is 2.64. The minimum absolute atomic E-state index is 0.531. The molecule has 0 amide bonds. The average molecular weight is 238 g/mol. The van der Waals surface area contributed by atoms with Gasteiger partial charge in [-0.15, -0.1) is 11.3 Å². The van der Waals surface area contributed by atoms with Gasteiger partial charge in [0, 0.05) is 22.0 Å². The van der Waals surface area contributed by atoms with Crippen LogP contribution in [0, 0.1) is 6.92 Å². The molecule has 2 rings (SSSR count). The van der Waals surface area contributed by atoms with E-state index in [2.05, 4.69) is 18.4 Å². The summed E-state index contributed by atoms with van der Waals surface area (Å²) < 4.78 is 0. The van der Waals surface area contributed by atoms with Gasteiger partial charge in [-0.1, -0.05) is 23.7 Å². The van der Waals surface area contributed by atoms with Gasteiger partial charge in [-0.25, -0.2) is 0 Å². The van der Waals surface area contributed by atoms with Crippen molar-refractivity contribution >= 4 is 22.9 Å². The number of rotatable bonds is 2. The molecule has 0 radical (unpaired) electrons. The number of aryl methyl sites for hydroxylation is 1. The molecule has 0 spiro atoms. The van der Waals surface area contributed by atoms with E-state index >= 15 is 0 Å². The summed E-state index contributed by atoms with van der Waals surface area (Å²) in [6.07, 6.45) is 0. The second kappa shape index (κ2) is 4.35. The zero-order chi connectivity index (χ0) is 10.8. The molecule has 1 aromatic carbocycles. The molecule has 2 N–H and O–H groups in total. The minimum atomic E-state index is 0.531. The number of thiophene rings is 1. The van der Waals surface area contributed by atoms with Crippen molar-refractivity contribution in [1.29, 1.82) is 0 Å². The predicted molar refractivity (Wildman–Crippen MR) is 67.4 cm³/mol. The van der Waals surface area contributed by atoms with Gasteiger partial charge in [0.1, 0.15) is 0 Å². The Labute approximate surface area is 98.5 Å². The van der Waals surface area contributed by atoms with Crippen LogP contribution in [-0.2, 0) is 6.54 Å². The summed E-state index contributed by atoms with van der Waals surface area (Å²) in [5.74, 6) is 0. The van der Waals surface area contributed by atoms with Gasteiger partial charge in [0.2, 0.25) is 0 Å². The highest BCUT2D eigenvalue weighted by Gasteiger charge is 2.07. The van der Waals surface area contributed by atoms with Crippen LogP contribution >= 0.6 is 22.9 Å².